The molecule has 0 aliphatic heterocycles. The first-order chi connectivity index (χ1) is 5.61. The van der Waals surface area contributed by atoms with E-state index in [-0.39, 0.29) is 17.5 Å². The number of benzene rings is 1. The first kappa shape index (κ1) is 8.87. The molecule has 0 bridgehead atoms. The normalized spacial score (nSPS) is 12.8. The summed E-state index contributed by atoms with van der Waals surface area (Å²) in [7, 11) is 0. The molecule has 0 aliphatic carbocycles. The summed E-state index contributed by atoms with van der Waals surface area (Å²) in [5, 5.41) is 18.5. The Morgan fingerprint density at radius 1 is 1.42 bits per heavy atom. The van der Waals surface area contributed by atoms with E-state index in [0.29, 0.717) is 12.0 Å². The van der Waals surface area contributed by atoms with Crippen LogP contribution in [0.4, 0.5) is 0 Å². The van der Waals surface area contributed by atoms with Gasteiger partial charge in [0.1, 0.15) is 0 Å². The first-order valence-corrected chi connectivity index (χ1v) is 3.86. The van der Waals surface area contributed by atoms with Gasteiger partial charge in [0.05, 0.1) is 0 Å². The van der Waals surface area contributed by atoms with Gasteiger partial charge in [-0.15, -0.1) is 0 Å². The van der Waals surface area contributed by atoms with E-state index in [4.69, 9.17) is 10.8 Å². The molecule has 1 unspecified atom stereocenters. The highest BCUT2D eigenvalue weighted by Crippen LogP contribution is 2.28. The Morgan fingerprint density at radius 3 is 2.67 bits per heavy atom. The van der Waals surface area contributed by atoms with Gasteiger partial charge >= 0.3 is 0 Å². The standard InChI is InChI=1S/C9H13NO2/c1-6(10)5-7-3-2-4-8(11)9(7)12/h2-4,6,11-12H,5,10H2,1H3. The second-order valence-electron chi connectivity index (χ2n) is 2.97. The summed E-state index contributed by atoms with van der Waals surface area (Å²) in [5.74, 6) is -0.150. The molecule has 0 aromatic heterocycles. The van der Waals surface area contributed by atoms with Gasteiger partial charge < -0.3 is 15.9 Å². The van der Waals surface area contributed by atoms with E-state index in [2.05, 4.69) is 0 Å². The van der Waals surface area contributed by atoms with Crippen LogP contribution < -0.4 is 5.73 Å². The fourth-order valence-electron chi connectivity index (χ4n) is 1.09. The minimum atomic E-state index is -0.0897. The highest BCUT2D eigenvalue weighted by Gasteiger charge is 2.06. The Bertz CT molecular complexity index is 271. The number of para-hydroxylation sites is 1. The number of phenols is 2. The molecule has 1 aromatic rings. The van der Waals surface area contributed by atoms with Crippen molar-refractivity contribution in [3.63, 3.8) is 0 Å². The molecule has 12 heavy (non-hydrogen) atoms. The van der Waals surface area contributed by atoms with Crippen LogP contribution in [0.2, 0.25) is 0 Å². The minimum absolute atomic E-state index is 0.0160. The Hall–Kier alpha value is -1.22. The number of nitrogens with two attached hydrogens (primary N) is 1. The predicted octanol–water partition coefficient (Wildman–Crippen LogP) is 0.987. The van der Waals surface area contributed by atoms with Crippen molar-refractivity contribution in [1.29, 1.82) is 0 Å². The maximum atomic E-state index is 9.34. The van der Waals surface area contributed by atoms with Gasteiger partial charge in [0.2, 0.25) is 0 Å². The number of phenolic OH excluding ortho intramolecular Hbond substituents is 2. The molecule has 1 atom stereocenters. The third-order valence-electron chi connectivity index (χ3n) is 1.64. The molecule has 66 valence electrons. The summed E-state index contributed by atoms with van der Waals surface area (Å²) in [5.41, 5.74) is 6.24. The van der Waals surface area contributed by atoms with Gasteiger partial charge in [-0.1, -0.05) is 12.1 Å². The van der Waals surface area contributed by atoms with Crippen molar-refractivity contribution in [3.8, 4) is 11.5 Å². The van der Waals surface area contributed by atoms with Gasteiger partial charge in [-0.3, -0.25) is 0 Å². The summed E-state index contributed by atoms with van der Waals surface area (Å²) >= 11 is 0. The fraction of sp³-hybridized carbons (Fsp3) is 0.333. The molecule has 1 rings (SSSR count). The van der Waals surface area contributed by atoms with Crippen molar-refractivity contribution in [2.45, 2.75) is 19.4 Å². The largest absolute Gasteiger partial charge is 0.504 e. The lowest BCUT2D eigenvalue weighted by atomic mass is 10.1. The van der Waals surface area contributed by atoms with E-state index < -0.39 is 0 Å². The van der Waals surface area contributed by atoms with Crippen molar-refractivity contribution in [1.82, 2.24) is 0 Å². The Kier molecular flexibility index (Phi) is 2.55. The molecule has 0 radical (unpaired) electrons. The molecular formula is C9H13NO2. The lowest BCUT2D eigenvalue weighted by molar-refractivity contribution is 0.398. The van der Waals surface area contributed by atoms with Crippen LogP contribution in [-0.2, 0) is 6.42 Å². The minimum Gasteiger partial charge on any atom is -0.504 e. The van der Waals surface area contributed by atoms with Crippen LogP contribution in [0.1, 0.15) is 12.5 Å². The third-order valence-corrected chi connectivity index (χ3v) is 1.64. The van der Waals surface area contributed by atoms with Crippen molar-refractivity contribution in [3.05, 3.63) is 23.8 Å². The molecule has 0 saturated heterocycles. The van der Waals surface area contributed by atoms with Crippen LogP contribution in [0.25, 0.3) is 0 Å². The summed E-state index contributed by atoms with van der Waals surface area (Å²) in [6.07, 6.45) is 0.570. The summed E-state index contributed by atoms with van der Waals surface area (Å²) < 4.78 is 0. The number of rotatable bonds is 2. The van der Waals surface area contributed by atoms with E-state index in [1.54, 1.807) is 12.1 Å². The topological polar surface area (TPSA) is 66.5 Å². The molecule has 1 aromatic carbocycles. The number of hydrogen-bond donors (Lipinski definition) is 3. The quantitative estimate of drug-likeness (QED) is 0.575. The first-order valence-electron chi connectivity index (χ1n) is 3.86. The van der Waals surface area contributed by atoms with E-state index in [9.17, 15) is 5.11 Å². The SMILES string of the molecule is CC(N)Cc1cccc(O)c1O. The summed E-state index contributed by atoms with van der Waals surface area (Å²) in [4.78, 5) is 0. The molecule has 3 nitrogen and oxygen atoms in total. The number of hydrogen-bond acceptors (Lipinski definition) is 3. The molecule has 3 heteroatoms. The van der Waals surface area contributed by atoms with Crippen LogP contribution in [0.5, 0.6) is 11.5 Å². The van der Waals surface area contributed by atoms with Crippen LogP contribution in [-0.4, -0.2) is 16.3 Å². The average molecular weight is 167 g/mol. The van der Waals surface area contributed by atoms with Crippen LogP contribution >= 0.6 is 0 Å². The predicted molar refractivity (Wildman–Crippen MR) is 47.1 cm³/mol. The number of aromatic hydroxyl groups is 2. The van der Waals surface area contributed by atoms with Crippen LogP contribution in [0.15, 0.2) is 18.2 Å². The molecule has 0 fully saturated rings. The molecular weight excluding hydrogens is 154 g/mol. The molecule has 0 saturated carbocycles. The smallest absolute Gasteiger partial charge is 0.160 e. The Morgan fingerprint density at radius 2 is 2.08 bits per heavy atom. The van der Waals surface area contributed by atoms with Gasteiger partial charge in [-0.05, 0) is 25.0 Å². The van der Waals surface area contributed by atoms with Crippen molar-refractivity contribution >= 4 is 0 Å². The molecule has 0 aliphatic rings. The van der Waals surface area contributed by atoms with Crippen molar-refractivity contribution < 1.29 is 10.2 Å². The maximum absolute atomic E-state index is 9.34. The fourth-order valence-corrected chi connectivity index (χ4v) is 1.09. The van der Waals surface area contributed by atoms with Gasteiger partial charge in [0.15, 0.2) is 11.5 Å². The Labute approximate surface area is 71.5 Å². The Balaban J connectivity index is 2.92. The van der Waals surface area contributed by atoms with E-state index in [1.165, 1.54) is 6.07 Å². The zero-order chi connectivity index (χ0) is 9.14. The second-order valence-corrected chi connectivity index (χ2v) is 2.97. The van der Waals surface area contributed by atoms with Crippen molar-refractivity contribution in [2.75, 3.05) is 0 Å². The molecule has 0 heterocycles. The lowest BCUT2D eigenvalue weighted by Crippen LogP contribution is -2.17. The van der Waals surface area contributed by atoms with Gasteiger partial charge in [-0.2, -0.15) is 0 Å². The zero-order valence-corrected chi connectivity index (χ0v) is 6.99. The summed E-state index contributed by atoms with van der Waals surface area (Å²) in [6.45, 7) is 1.85. The third kappa shape index (κ3) is 1.89. The van der Waals surface area contributed by atoms with E-state index >= 15 is 0 Å². The zero-order valence-electron chi connectivity index (χ0n) is 6.99. The molecule has 4 N–H and O–H groups in total. The molecule has 0 spiro atoms. The molecule has 0 amide bonds. The average Bonchev–Trinajstić information content (AvgIpc) is 1.98. The van der Waals surface area contributed by atoms with Crippen LogP contribution in [0, 0.1) is 0 Å². The van der Waals surface area contributed by atoms with E-state index in [1.807, 2.05) is 6.92 Å². The monoisotopic (exact) mass is 167 g/mol. The highest BCUT2D eigenvalue weighted by molar-refractivity contribution is 5.44. The highest BCUT2D eigenvalue weighted by atomic mass is 16.3. The summed E-state index contributed by atoms with van der Waals surface area (Å²) in [6, 6.07) is 4.86. The second kappa shape index (κ2) is 3.45. The van der Waals surface area contributed by atoms with Gasteiger partial charge in [0.25, 0.3) is 0 Å². The van der Waals surface area contributed by atoms with E-state index in [0.717, 1.165) is 0 Å². The van der Waals surface area contributed by atoms with Crippen LogP contribution in [0.3, 0.4) is 0 Å². The van der Waals surface area contributed by atoms with Crippen molar-refractivity contribution in [2.24, 2.45) is 5.73 Å². The maximum Gasteiger partial charge on any atom is 0.160 e. The van der Waals surface area contributed by atoms with Gasteiger partial charge in [0, 0.05) is 6.04 Å². The lowest BCUT2D eigenvalue weighted by Gasteiger charge is -2.07. The van der Waals surface area contributed by atoms with Gasteiger partial charge in [-0.25, -0.2) is 0 Å².